The van der Waals surface area contributed by atoms with Crippen LogP contribution in [0.25, 0.3) is 10.9 Å². The van der Waals surface area contributed by atoms with Gasteiger partial charge in [0.05, 0.1) is 12.1 Å². The number of ether oxygens (including phenoxy) is 2. The molecule has 0 unspecified atom stereocenters. The van der Waals surface area contributed by atoms with Crippen molar-refractivity contribution in [3.05, 3.63) is 75.6 Å². The van der Waals surface area contributed by atoms with Crippen LogP contribution in [0.1, 0.15) is 42.3 Å². The van der Waals surface area contributed by atoms with E-state index in [2.05, 4.69) is 25.4 Å². The summed E-state index contributed by atoms with van der Waals surface area (Å²) in [5.41, 5.74) is 1.93. The quantitative estimate of drug-likeness (QED) is 0.487. The van der Waals surface area contributed by atoms with Gasteiger partial charge in [0, 0.05) is 17.0 Å². The van der Waals surface area contributed by atoms with E-state index in [0.29, 0.717) is 34.9 Å². The number of hydrogen-bond donors (Lipinski definition) is 1. The molecule has 174 valence electrons. The first-order chi connectivity index (χ1) is 16.7. The molecule has 34 heavy (non-hydrogen) atoms. The normalized spacial score (nSPS) is 16.7. The highest BCUT2D eigenvalue weighted by Crippen LogP contribution is 2.36. The Morgan fingerprint density at radius 3 is 2.59 bits per heavy atom. The maximum Gasteiger partial charge on any atom is 0.253 e. The van der Waals surface area contributed by atoms with Crippen molar-refractivity contribution in [3.8, 4) is 11.5 Å². The molecule has 0 spiro atoms. The zero-order chi connectivity index (χ0) is 23.1. The SMILES string of the molecule is O=c1[nH]c2cc3c(cc2cc1[C@@H](c1nnnn1Cc1ccc(F)cc1)N1CCCCC1)OCO3. The summed E-state index contributed by atoms with van der Waals surface area (Å²) in [6, 6.07) is 11.4. The third-order valence-corrected chi connectivity index (χ3v) is 6.47. The summed E-state index contributed by atoms with van der Waals surface area (Å²) < 4.78 is 26.1. The van der Waals surface area contributed by atoms with Gasteiger partial charge in [0.2, 0.25) is 6.79 Å². The maximum atomic E-state index is 13.4. The minimum atomic E-state index is -0.422. The Balaban J connectivity index is 1.45. The van der Waals surface area contributed by atoms with E-state index < -0.39 is 6.04 Å². The lowest BCUT2D eigenvalue weighted by Gasteiger charge is -2.33. The van der Waals surface area contributed by atoms with Crippen LogP contribution in [-0.2, 0) is 6.54 Å². The largest absolute Gasteiger partial charge is 0.454 e. The van der Waals surface area contributed by atoms with E-state index in [1.54, 1.807) is 22.9 Å². The van der Waals surface area contributed by atoms with Gasteiger partial charge in [0.25, 0.3) is 5.56 Å². The highest BCUT2D eigenvalue weighted by molar-refractivity contribution is 5.83. The summed E-state index contributed by atoms with van der Waals surface area (Å²) in [4.78, 5) is 18.6. The van der Waals surface area contributed by atoms with Gasteiger partial charge in [-0.2, -0.15) is 0 Å². The number of pyridine rings is 1. The Bertz CT molecular complexity index is 1390. The molecule has 1 atom stereocenters. The molecule has 2 aliphatic rings. The Labute approximate surface area is 194 Å². The minimum absolute atomic E-state index is 0.164. The zero-order valence-electron chi connectivity index (χ0n) is 18.4. The number of nitrogens with zero attached hydrogens (tertiary/aromatic N) is 5. The monoisotopic (exact) mass is 462 g/mol. The molecule has 4 aromatic rings. The fraction of sp³-hybridized carbons (Fsp3) is 0.333. The van der Waals surface area contributed by atoms with E-state index in [1.807, 2.05) is 12.1 Å². The van der Waals surface area contributed by atoms with Crippen LogP contribution in [0.2, 0.25) is 0 Å². The van der Waals surface area contributed by atoms with Gasteiger partial charge in [0.1, 0.15) is 11.9 Å². The number of H-pyrrole nitrogens is 1. The minimum Gasteiger partial charge on any atom is -0.454 e. The average Bonchev–Trinajstić information content (AvgIpc) is 3.50. The Kier molecular flexibility index (Phi) is 5.21. The maximum absolute atomic E-state index is 13.4. The first-order valence-electron chi connectivity index (χ1n) is 11.4. The summed E-state index contributed by atoms with van der Waals surface area (Å²) in [5.74, 6) is 1.56. The van der Waals surface area contributed by atoms with Gasteiger partial charge in [-0.15, -0.1) is 5.10 Å². The van der Waals surface area contributed by atoms with Crippen LogP contribution >= 0.6 is 0 Å². The van der Waals surface area contributed by atoms with Crippen LogP contribution < -0.4 is 15.0 Å². The van der Waals surface area contributed by atoms with Crippen LogP contribution in [0.15, 0.2) is 47.3 Å². The lowest BCUT2D eigenvalue weighted by Crippen LogP contribution is -2.38. The second-order valence-electron chi connectivity index (χ2n) is 8.67. The highest BCUT2D eigenvalue weighted by Gasteiger charge is 2.31. The van der Waals surface area contributed by atoms with Crippen molar-refractivity contribution in [2.45, 2.75) is 31.8 Å². The van der Waals surface area contributed by atoms with Gasteiger partial charge >= 0.3 is 0 Å². The van der Waals surface area contributed by atoms with Gasteiger partial charge in [-0.25, -0.2) is 9.07 Å². The van der Waals surface area contributed by atoms with Crippen molar-refractivity contribution in [1.82, 2.24) is 30.1 Å². The molecule has 1 saturated heterocycles. The number of tetrazole rings is 1. The molecule has 0 bridgehead atoms. The van der Waals surface area contributed by atoms with Crippen molar-refractivity contribution in [3.63, 3.8) is 0 Å². The van der Waals surface area contributed by atoms with E-state index in [1.165, 1.54) is 12.1 Å². The van der Waals surface area contributed by atoms with E-state index in [4.69, 9.17) is 9.47 Å². The van der Waals surface area contributed by atoms with Crippen LogP contribution in [0.4, 0.5) is 4.39 Å². The number of piperidine rings is 1. The number of halogens is 1. The number of hydrogen-bond acceptors (Lipinski definition) is 7. The number of likely N-dealkylation sites (tertiary alicyclic amines) is 1. The smallest absolute Gasteiger partial charge is 0.253 e. The summed E-state index contributed by atoms with van der Waals surface area (Å²) in [5, 5.41) is 13.3. The molecule has 10 heteroatoms. The van der Waals surface area contributed by atoms with E-state index >= 15 is 0 Å². The number of aromatic amines is 1. The average molecular weight is 462 g/mol. The van der Waals surface area contributed by atoms with Crippen molar-refractivity contribution >= 4 is 10.9 Å². The number of benzene rings is 2. The second kappa shape index (κ2) is 8.53. The van der Waals surface area contributed by atoms with Gasteiger partial charge in [0.15, 0.2) is 17.3 Å². The molecule has 0 saturated carbocycles. The van der Waals surface area contributed by atoms with Crippen molar-refractivity contribution < 1.29 is 13.9 Å². The number of rotatable bonds is 5. The number of aromatic nitrogens is 5. The van der Waals surface area contributed by atoms with Gasteiger partial charge in [-0.05, 0) is 66.2 Å². The van der Waals surface area contributed by atoms with Crippen LogP contribution in [0.3, 0.4) is 0 Å². The lowest BCUT2D eigenvalue weighted by atomic mass is 10.00. The molecule has 0 amide bonds. The molecule has 6 rings (SSSR count). The van der Waals surface area contributed by atoms with Crippen LogP contribution in [0, 0.1) is 5.82 Å². The zero-order valence-corrected chi connectivity index (χ0v) is 18.4. The standard InChI is InChI=1S/C24H23FN6O3/c25-17-6-4-15(5-7-17)13-31-23(27-28-29-31)22(30-8-2-1-3-9-30)18-10-16-11-20-21(34-14-33-20)12-19(16)26-24(18)32/h4-7,10-12,22H,1-3,8-9,13-14H2,(H,26,32)/t22-/m0/s1. The summed E-state index contributed by atoms with van der Waals surface area (Å²) in [6.07, 6.45) is 3.24. The van der Waals surface area contributed by atoms with E-state index in [9.17, 15) is 9.18 Å². The topological polar surface area (TPSA) is 98.2 Å². The summed E-state index contributed by atoms with van der Waals surface area (Å²) >= 11 is 0. The summed E-state index contributed by atoms with van der Waals surface area (Å²) in [7, 11) is 0. The molecular formula is C24H23FN6O3. The first kappa shape index (κ1) is 20.8. The van der Waals surface area contributed by atoms with Crippen LogP contribution in [-0.4, -0.2) is 50.0 Å². The Morgan fingerprint density at radius 2 is 1.79 bits per heavy atom. The van der Waals surface area contributed by atoms with Gasteiger partial charge in [-0.1, -0.05) is 18.6 Å². The predicted molar refractivity (Wildman–Crippen MR) is 121 cm³/mol. The lowest BCUT2D eigenvalue weighted by molar-refractivity contribution is 0.174. The van der Waals surface area contributed by atoms with Gasteiger partial charge in [-0.3, -0.25) is 9.69 Å². The van der Waals surface area contributed by atoms with Gasteiger partial charge < -0.3 is 14.5 Å². The van der Waals surface area contributed by atoms with E-state index in [-0.39, 0.29) is 18.2 Å². The molecule has 4 heterocycles. The molecule has 0 aliphatic carbocycles. The molecule has 1 N–H and O–H groups in total. The third kappa shape index (κ3) is 3.79. The van der Waals surface area contributed by atoms with Crippen molar-refractivity contribution in [2.75, 3.05) is 19.9 Å². The van der Waals surface area contributed by atoms with E-state index in [0.717, 1.165) is 43.3 Å². The molecular weight excluding hydrogens is 439 g/mol. The van der Waals surface area contributed by atoms with Crippen LogP contribution in [0.5, 0.6) is 11.5 Å². The Hall–Kier alpha value is -3.79. The fourth-order valence-corrected chi connectivity index (χ4v) is 4.77. The Morgan fingerprint density at radius 1 is 1.03 bits per heavy atom. The summed E-state index contributed by atoms with van der Waals surface area (Å²) in [6.45, 7) is 2.22. The number of nitrogens with one attached hydrogen (secondary N) is 1. The predicted octanol–water partition coefficient (Wildman–Crippen LogP) is 3.01. The second-order valence-corrected chi connectivity index (χ2v) is 8.67. The first-order valence-corrected chi connectivity index (χ1v) is 11.4. The molecule has 9 nitrogen and oxygen atoms in total. The van der Waals surface area contributed by atoms with Crippen molar-refractivity contribution in [2.24, 2.45) is 0 Å². The molecule has 2 aliphatic heterocycles. The van der Waals surface area contributed by atoms with Crippen molar-refractivity contribution in [1.29, 1.82) is 0 Å². The number of fused-ring (bicyclic) bond motifs is 2. The molecule has 2 aromatic heterocycles. The molecule has 0 radical (unpaired) electrons. The molecule has 2 aromatic carbocycles. The fourth-order valence-electron chi connectivity index (χ4n) is 4.77. The molecule has 1 fully saturated rings. The highest BCUT2D eigenvalue weighted by atomic mass is 19.1. The third-order valence-electron chi connectivity index (χ3n) is 6.47.